The van der Waals surface area contributed by atoms with Gasteiger partial charge in [0.1, 0.15) is 42.9 Å². The van der Waals surface area contributed by atoms with Crippen molar-refractivity contribution in [3.8, 4) is 11.5 Å². The molecule has 5 rings (SSSR count). The maximum absolute atomic E-state index is 14.1. The van der Waals surface area contributed by atoms with Crippen LogP contribution >= 0.6 is 0 Å². The van der Waals surface area contributed by atoms with E-state index in [1.54, 1.807) is 49.5 Å². The molecule has 0 radical (unpaired) electrons. The van der Waals surface area contributed by atoms with E-state index in [4.69, 9.17) is 14.2 Å². The summed E-state index contributed by atoms with van der Waals surface area (Å²) < 4.78 is 73.4. The molecule has 1 unspecified atom stereocenters. The fourth-order valence-corrected chi connectivity index (χ4v) is 4.51. The zero-order valence-electron chi connectivity index (χ0n) is 24.4. The Morgan fingerprint density at radius 3 is 2.35 bits per heavy atom. The van der Waals surface area contributed by atoms with E-state index in [1.165, 1.54) is 16.5 Å². The number of ether oxygens (including phenoxy) is 3. The molecule has 1 atom stereocenters. The number of nitrogens with zero attached hydrogens (tertiary/aromatic N) is 2. The van der Waals surface area contributed by atoms with Crippen LogP contribution in [-0.2, 0) is 18.0 Å². The van der Waals surface area contributed by atoms with Crippen LogP contribution in [0.15, 0.2) is 85.1 Å². The van der Waals surface area contributed by atoms with Crippen molar-refractivity contribution in [1.29, 1.82) is 0 Å². The third-order valence-corrected chi connectivity index (χ3v) is 6.82. The monoisotopic (exact) mass is 636 g/mol. The lowest BCUT2D eigenvalue weighted by Gasteiger charge is -2.20. The van der Waals surface area contributed by atoms with Crippen LogP contribution in [0.5, 0.6) is 11.5 Å². The third-order valence-electron chi connectivity index (χ3n) is 6.82. The highest BCUT2D eigenvalue weighted by Gasteiger charge is 2.23. The Bertz CT molecular complexity index is 1830. The molecule has 0 saturated carbocycles. The van der Waals surface area contributed by atoms with Crippen LogP contribution in [0.25, 0.3) is 5.65 Å². The largest absolute Gasteiger partial charge is 0.491 e. The van der Waals surface area contributed by atoms with E-state index in [2.05, 4.69) is 15.6 Å². The Kier molecular flexibility index (Phi) is 10.0. The molecule has 0 fully saturated rings. The number of pyridine rings is 1. The summed E-state index contributed by atoms with van der Waals surface area (Å²) in [5.74, 6) is -4.12. The fourth-order valence-electron chi connectivity index (χ4n) is 4.51. The van der Waals surface area contributed by atoms with Gasteiger partial charge in [-0.2, -0.15) is 0 Å². The molecule has 2 aromatic heterocycles. The molecule has 5 aromatic rings. The summed E-state index contributed by atoms with van der Waals surface area (Å²) in [6.45, 7) is 0.800. The highest BCUT2D eigenvalue weighted by Crippen LogP contribution is 2.24. The molecule has 9 nitrogen and oxygen atoms in total. The number of amides is 2. The van der Waals surface area contributed by atoms with Crippen molar-refractivity contribution in [3.63, 3.8) is 0 Å². The average molecular weight is 637 g/mol. The minimum atomic E-state index is -1.11. The molecule has 3 aromatic carbocycles. The second-order valence-electron chi connectivity index (χ2n) is 10.1. The third kappa shape index (κ3) is 7.73. The molecule has 238 valence electrons. The molecule has 0 bridgehead atoms. The number of imidazole rings is 1. The number of aryl methyl sites for hydroxylation is 1. The fraction of sp³-hybridized carbons (Fsp3) is 0.182. The summed E-state index contributed by atoms with van der Waals surface area (Å²) in [5.41, 5.74) is 1.15. The summed E-state index contributed by atoms with van der Waals surface area (Å²) in [4.78, 5) is 30.4. The first-order valence-corrected chi connectivity index (χ1v) is 14.1. The van der Waals surface area contributed by atoms with Crippen molar-refractivity contribution >= 4 is 17.6 Å². The van der Waals surface area contributed by atoms with Crippen molar-refractivity contribution in [1.82, 2.24) is 20.0 Å². The van der Waals surface area contributed by atoms with E-state index in [0.717, 1.165) is 29.8 Å². The Balaban J connectivity index is 1.31. The molecule has 46 heavy (non-hydrogen) atoms. The molecule has 0 saturated heterocycles. The first-order valence-electron chi connectivity index (χ1n) is 14.1. The van der Waals surface area contributed by atoms with E-state index in [-0.39, 0.29) is 48.2 Å². The summed E-state index contributed by atoms with van der Waals surface area (Å²) in [6, 6.07) is 17.7. The Morgan fingerprint density at radius 1 is 0.848 bits per heavy atom. The molecule has 0 aliphatic carbocycles. The molecule has 2 amide bonds. The average Bonchev–Trinajstić information content (AvgIpc) is 3.39. The van der Waals surface area contributed by atoms with E-state index in [9.17, 15) is 27.2 Å². The normalized spacial score (nSPS) is 11.6. The molecule has 0 aliphatic rings. The van der Waals surface area contributed by atoms with Crippen molar-refractivity contribution < 1.29 is 41.4 Å². The van der Waals surface area contributed by atoms with Crippen LogP contribution < -0.4 is 20.1 Å². The van der Waals surface area contributed by atoms with Crippen LogP contribution in [0.3, 0.4) is 0 Å². The number of carbonyl (C=O) groups excluding carboxylic acids is 2. The summed E-state index contributed by atoms with van der Waals surface area (Å²) in [7, 11) is 0. The number of hydrogen-bond acceptors (Lipinski definition) is 6. The van der Waals surface area contributed by atoms with Gasteiger partial charge >= 0.3 is 6.09 Å². The highest BCUT2D eigenvalue weighted by molar-refractivity contribution is 5.95. The highest BCUT2D eigenvalue weighted by atomic mass is 19.2. The zero-order valence-corrected chi connectivity index (χ0v) is 24.4. The smallest absolute Gasteiger partial charge is 0.407 e. The van der Waals surface area contributed by atoms with Crippen LogP contribution in [0.1, 0.15) is 27.3 Å². The van der Waals surface area contributed by atoms with E-state index < -0.39 is 47.9 Å². The van der Waals surface area contributed by atoms with Gasteiger partial charge in [0.25, 0.3) is 5.91 Å². The van der Waals surface area contributed by atoms with Crippen molar-refractivity contribution in [3.05, 3.63) is 131 Å². The van der Waals surface area contributed by atoms with Gasteiger partial charge in [0.15, 0.2) is 23.0 Å². The second kappa shape index (κ2) is 14.5. The summed E-state index contributed by atoms with van der Waals surface area (Å²) >= 11 is 0. The lowest BCUT2D eigenvalue weighted by Crippen LogP contribution is -2.47. The van der Waals surface area contributed by atoms with Gasteiger partial charge in [0.2, 0.25) is 0 Å². The lowest BCUT2D eigenvalue weighted by molar-refractivity contribution is 0.0909. The predicted octanol–water partition coefficient (Wildman–Crippen LogP) is 5.88. The summed E-state index contributed by atoms with van der Waals surface area (Å²) in [6.07, 6.45) is 0.808. The first kappa shape index (κ1) is 31.8. The van der Waals surface area contributed by atoms with Gasteiger partial charge in [-0.3, -0.25) is 9.20 Å². The standard InChI is InChI=1S/C33H28F4N4O5/c1-20-30(41-14-6-11-29(31(41)39-20)45-19-24-25(34)9-5-10-26(24)35)32(42)40-22(18-44-23-12-13-27(36)28(37)15-23)16-38-33(43)46-17-21-7-3-2-4-8-21/h2-15,22H,16-19H2,1H3,(H,38,43)(H,40,42). The van der Waals surface area contributed by atoms with Gasteiger partial charge in [-0.1, -0.05) is 36.4 Å². The zero-order chi connectivity index (χ0) is 32.6. The van der Waals surface area contributed by atoms with Gasteiger partial charge in [0, 0.05) is 18.8 Å². The number of alkyl carbamates (subject to hydrolysis) is 1. The minimum absolute atomic E-state index is 0.00358. The number of nitrogens with one attached hydrogen (secondary N) is 2. The minimum Gasteiger partial charge on any atom is -0.491 e. The van der Waals surface area contributed by atoms with E-state index >= 15 is 0 Å². The molecule has 0 aliphatic heterocycles. The number of benzene rings is 3. The van der Waals surface area contributed by atoms with E-state index in [0.29, 0.717) is 5.69 Å². The van der Waals surface area contributed by atoms with Gasteiger partial charge in [-0.15, -0.1) is 0 Å². The van der Waals surface area contributed by atoms with Crippen LogP contribution in [0.2, 0.25) is 0 Å². The molecule has 0 spiro atoms. The Labute approximate surface area is 260 Å². The van der Waals surface area contributed by atoms with Crippen LogP contribution in [0.4, 0.5) is 22.4 Å². The Morgan fingerprint density at radius 2 is 1.61 bits per heavy atom. The lowest BCUT2D eigenvalue weighted by atomic mass is 10.2. The van der Waals surface area contributed by atoms with Gasteiger partial charge in [-0.05, 0) is 48.9 Å². The quantitative estimate of drug-likeness (QED) is 0.166. The molecule has 13 heteroatoms. The molecule has 2 N–H and O–H groups in total. The van der Waals surface area contributed by atoms with Crippen LogP contribution in [-0.4, -0.2) is 40.6 Å². The van der Waals surface area contributed by atoms with Crippen molar-refractivity contribution in [2.24, 2.45) is 0 Å². The van der Waals surface area contributed by atoms with Crippen molar-refractivity contribution in [2.45, 2.75) is 26.2 Å². The van der Waals surface area contributed by atoms with E-state index in [1.807, 2.05) is 6.07 Å². The van der Waals surface area contributed by atoms with Gasteiger partial charge < -0.3 is 24.8 Å². The van der Waals surface area contributed by atoms with Crippen molar-refractivity contribution in [2.75, 3.05) is 13.2 Å². The molecular weight excluding hydrogens is 608 g/mol. The molecular formula is C33H28F4N4O5. The van der Waals surface area contributed by atoms with Crippen LogP contribution in [0, 0.1) is 30.2 Å². The maximum Gasteiger partial charge on any atom is 0.407 e. The second-order valence-corrected chi connectivity index (χ2v) is 10.1. The number of carbonyl (C=O) groups is 2. The van der Waals surface area contributed by atoms with Gasteiger partial charge in [-0.25, -0.2) is 27.3 Å². The first-order chi connectivity index (χ1) is 22.2. The Hall–Kier alpha value is -5.59. The number of hydrogen-bond donors (Lipinski definition) is 2. The SMILES string of the molecule is Cc1nc2c(OCc3c(F)cccc3F)cccn2c1C(=O)NC(CNC(=O)OCc1ccccc1)COc1ccc(F)c(F)c1. The summed E-state index contributed by atoms with van der Waals surface area (Å²) in [5, 5.41) is 5.34. The topological polar surface area (TPSA) is 103 Å². The maximum atomic E-state index is 14.1. The predicted molar refractivity (Wildman–Crippen MR) is 158 cm³/mol. The van der Waals surface area contributed by atoms with Gasteiger partial charge in [0.05, 0.1) is 17.3 Å². The number of halogens is 4. The number of rotatable bonds is 12. The number of fused-ring (bicyclic) bond motifs is 1. The molecule has 2 heterocycles. The number of aromatic nitrogens is 2.